The number of rotatable bonds is 5. The van der Waals surface area contributed by atoms with Crippen LogP contribution >= 0.6 is 0 Å². The molecular formula is C26H27N9O4. The zero-order valence-electron chi connectivity index (χ0n) is 21.2. The van der Waals surface area contributed by atoms with Crippen LogP contribution in [0.1, 0.15) is 70.9 Å². The zero-order chi connectivity index (χ0) is 26.9. The predicted octanol–water partition coefficient (Wildman–Crippen LogP) is 1.46. The molecule has 39 heavy (non-hydrogen) atoms. The molecule has 0 radical (unpaired) electrons. The van der Waals surface area contributed by atoms with Gasteiger partial charge in [0, 0.05) is 35.3 Å². The highest BCUT2D eigenvalue weighted by Gasteiger charge is 2.46. The Hall–Kier alpha value is -4.23. The topological polar surface area (TPSA) is 178 Å². The van der Waals surface area contributed by atoms with Crippen molar-refractivity contribution >= 4 is 23.2 Å². The Morgan fingerprint density at radius 2 is 1.95 bits per heavy atom. The number of H-pyrrole nitrogens is 1. The number of nitrogens with zero attached hydrogens (tertiary/aromatic N) is 7. The summed E-state index contributed by atoms with van der Waals surface area (Å²) in [5.41, 5.74) is 9.05. The van der Waals surface area contributed by atoms with Gasteiger partial charge >= 0.3 is 0 Å². The van der Waals surface area contributed by atoms with Crippen molar-refractivity contribution in [3.8, 4) is 11.1 Å². The molecule has 1 amide bonds. The van der Waals surface area contributed by atoms with Crippen LogP contribution in [0.25, 0.3) is 16.8 Å². The Balaban J connectivity index is 1.26. The van der Waals surface area contributed by atoms with Crippen LogP contribution in [-0.4, -0.2) is 81.8 Å². The molecule has 3 aliphatic rings. The number of hydrogen-bond acceptors (Lipinski definition) is 10. The van der Waals surface area contributed by atoms with Crippen LogP contribution in [-0.2, 0) is 10.3 Å². The summed E-state index contributed by atoms with van der Waals surface area (Å²) in [7, 11) is 0. The summed E-state index contributed by atoms with van der Waals surface area (Å²) in [5.74, 6) is 0.0955. The number of nitrogens with one attached hydrogen (secondary N) is 1. The molecule has 0 saturated carbocycles. The van der Waals surface area contributed by atoms with Crippen molar-refractivity contribution < 1.29 is 19.4 Å². The fraction of sp³-hybridized carbons (Fsp3) is 0.423. The van der Waals surface area contributed by atoms with E-state index in [0.717, 1.165) is 24.0 Å². The number of anilines is 1. The molecule has 0 spiro atoms. The number of nitrogen functional groups attached to an aromatic ring is 1. The van der Waals surface area contributed by atoms with Crippen molar-refractivity contribution in [1.82, 2.24) is 39.7 Å². The van der Waals surface area contributed by atoms with E-state index in [4.69, 9.17) is 15.5 Å². The van der Waals surface area contributed by atoms with Gasteiger partial charge in [0.15, 0.2) is 17.0 Å². The number of ether oxygens (including phenoxy) is 1. The molecule has 200 valence electrons. The summed E-state index contributed by atoms with van der Waals surface area (Å²) in [6.45, 7) is 1.92. The lowest BCUT2D eigenvalue weighted by molar-refractivity contribution is -0.186. The number of carbonyl (C=O) groups is 2. The number of pyridine rings is 1. The number of fused-ring (bicyclic) bond motifs is 3. The molecule has 4 aromatic heterocycles. The maximum absolute atomic E-state index is 13.1. The third-order valence-electron chi connectivity index (χ3n) is 8.27. The van der Waals surface area contributed by atoms with Crippen LogP contribution in [0.3, 0.4) is 0 Å². The number of aromatic amines is 1. The molecule has 4 N–H and O–H groups in total. The number of aromatic nitrogens is 7. The van der Waals surface area contributed by atoms with Gasteiger partial charge in [0.1, 0.15) is 12.1 Å². The van der Waals surface area contributed by atoms with E-state index in [2.05, 4.69) is 25.3 Å². The van der Waals surface area contributed by atoms with E-state index in [0.29, 0.717) is 35.4 Å². The van der Waals surface area contributed by atoms with E-state index >= 15 is 0 Å². The summed E-state index contributed by atoms with van der Waals surface area (Å²) in [4.78, 5) is 40.1. The summed E-state index contributed by atoms with van der Waals surface area (Å²) in [5, 5.41) is 22.6. The van der Waals surface area contributed by atoms with Gasteiger partial charge < -0.3 is 25.5 Å². The maximum Gasteiger partial charge on any atom is 0.292 e. The van der Waals surface area contributed by atoms with Crippen LogP contribution in [0.4, 0.5) is 5.82 Å². The van der Waals surface area contributed by atoms with Crippen molar-refractivity contribution in [2.45, 2.75) is 56.2 Å². The Bertz CT molecular complexity index is 1580. The largest absolute Gasteiger partial charge is 0.383 e. The van der Waals surface area contributed by atoms with Gasteiger partial charge in [-0.2, -0.15) is 9.61 Å². The number of ketones is 1. The molecule has 3 atom stereocenters. The van der Waals surface area contributed by atoms with Gasteiger partial charge in [0.05, 0.1) is 36.4 Å². The van der Waals surface area contributed by atoms with Gasteiger partial charge in [0.25, 0.3) is 5.91 Å². The first-order valence-corrected chi connectivity index (χ1v) is 13.0. The quantitative estimate of drug-likeness (QED) is 0.321. The first kappa shape index (κ1) is 23.9. The molecule has 4 aromatic rings. The molecule has 13 heteroatoms. The number of carbonyl (C=O) groups excluding carboxylic acids is 2. The molecule has 0 unspecified atom stereocenters. The SMILES string of the molecule is CC(=O)c1c([C@@H]2C[C@H]3CC[C@@H](C2)N3C(=O)c2nnc[nH]2)nc2c(-c3ccc(C4(O)COC4)nc3)cnn2c1N. The first-order valence-electron chi connectivity index (χ1n) is 13.0. The highest BCUT2D eigenvalue weighted by Crippen LogP contribution is 2.45. The lowest BCUT2D eigenvalue weighted by Crippen LogP contribution is -2.47. The minimum absolute atomic E-state index is 0.00724. The fourth-order valence-corrected chi connectivity index (χ4v) is 6.33. The van der Waals surface area contributed by atoms with Gasteiger partial charge in [-0.3, -0.25) is 14.6 Å². The van der Waals surface area contributed by atoms with Crippen molar-refractivity contribution in [1.29, 1.82) is 0 Å². The minimum atomic E-state index is -1.06. The zero-order valence-corrected chi connectivity index (χ0v) is 21.2. The van der Waals surface area contributed by atoms with E-state index < -0.39 is 5.60 Å². The number of nitrogens with two attached hydrogens (primary N) is 1. The average molecular weight is 530 g/mol. The third-order valence-corrected chi connectivity index (χ3v) is 8.27. The van der Waals surface area contributed by atoms with Gasteiger partial charge in [-0.1, -0.05) is 6.07 Å². The molecule has 7 rings (SSSR count). The molecule has 7 heterocycles. The third kappa shape index (κ3) is 3.64. The molecule has 3 saturated heterocycles. The Labute approximate surface area is 222 Å². The average Bonchev–Trinajstić information content (AvgIpc) is 3.65. The lowest BCUT2D eigenvalue weighted by atomic mass is 9.85. The lowest BCUT2D eigenvalue weighted by Gasteiger charge is -2.38. The van der Waals surface area contributed by atoms with Crippen molar-refractivity contribution in [2.24, 2.45) is 0 Å². The second-order valence-corrected chi connectivity index (χ2v) is 10.7. The summed E-state index contributed by atoms with van der Waals surface area (Å²) in [6.07, 6.45) is 7.82. The predicted molar refractivity (Wildman–Crippen MR) is 137 cm³/mol. The van der Waals surface area contributed by atoms with Crippen molar-refractivity contribution in [3.63, 3.8) is 0 Å². The molecule has 13 nitrogen and oxygen atoms in total. The van der Waals surface area contributed by atoms with Crippen molar-refractivity contribution in [2.75, 3.05) is 18.9 Å². The van der Waals surface area contributed by atoms with E-state index in [-0.39, 0.29) is 54.5 Å². The molecule has 0 aliphatic carbocycles. The summed E-state index contributed by atoms with van der Waals surface area (Å²) in [6, 6.07) is 3.65. The number of hydrogen-bond donors (Lipinski definition) is 3. The normalized spacial score (nSPS) is 23.6. The Kier molecular flexibility index (Phi) is 5.29. The Morgan fingerprint density at radius 3 is 2.54 bits per heavy atom. The molecule has 2 bridgehead atoms. The standard InChI is InChI=1S/C26H27N9O4/c1-13(36)20-21(15-6-16-3-4-17(7-15)34(16)25(37)23-29-12-30-33-23)32-24-18(9-31-35(24)22(20)27)14-2-5-19(28-8-14)26(38)10-39-11-26/h2,5,8-9,12,15-17,38H,3-4,6-7,10-11,27H2,1H3,(H,29,30,33)/t15-,16-,17+. The van der Waals surface area contributed by atoms with Crippen LogP contribution < -0.4 is 5.73 Å². The first-order chi connectivity index (χ1) is 18.8. The van der Waals surface area contributed by atoms with Gasteiger partial charge in [-0.25, -0.2) is 4.98 Å². The number of Topliss-reactive ketones (excluding diaryl/α,β-unsaturated/α-hetero) is 1. The molecular weight excluding hydrogens is 502 g/mol. The number of piperidine rings is 1. The van der Waals surface area contributed by atoms with Gasteiger partial charge in [-0.15, -0.1) is 10.2 Å². The Morgan fingerprint density at radius 1 is 1.18 bits per heavy atom. The molecule has 0 aromatic carbocycles. The van der Waals surface area contributed by atoms with Crippen LogP contribution in [0.2, 0.25) is 0 Å². The van der Waals surface area contributed by atoms with E-state index in [1.807, 2.05) is 11.0 Å². The molecule has 3 fully saturated rings. The number of amides is 1. The second-order valence-electron chi connectivity index (χ2n) is 10.7. The van der Waals surface area contributed by atoms with E-state index in [9.17, 15) is 14.7 Å². The minimum Gasteiger partial charge on any atom is -0.383 e. The van der Waals surface area contributed by atoms with Crippen LogP contribution in [0.5, 0.6) is 0 Å². The highest BCUT2D eigenvalue weighted by atomic mass is 16.5. The summed E-state index contributed by atoms with van der Waals surface area (Å²) >= 11 is 0. The van der Waals surface area contributed by atoms with E-state index in [1.165, 1.54) is 17.8 Å². The van der Waals surface area contributed by atoms with Crippen LogP contribution in [0, 0.1) is 0 Å². The number of aliphatic hydroxyl groups is 1. The fourth-order valence-electron chi connectivity index (χ4n) is 6.33. The highest BCUT2D eigenvalue weighted by molar-refractivity contribution is 6.00. The maximum atomic E-state index is 13.1. The monoisotopic (exact) mass is 529 g/mol. The smallest absolute Gasteiger partial charge is 0.292 e. The van der Waals surface area contributed by atoms with Crippen molar-refractivity contribution in [3.05, 3.63) is 53.6 Å². The van der Waals surface area contributed by atoms with Gasteiger partial charge in [-0.05, 0) is 38.7 Å². The van der Waals surface area contributed by atoms with Gasteiger partial charge in [0.2, 0.25) is 5.82 Å². The second kappa shape index (κ2) is 8.64. The summed E-state index contributed by atoms with van der Waals surface area (Å²) < 4.78 is 6.63. The molecule has 3 aliphatic heterocycles. The van der Waals surface area contributed by atoms with E-state index in [1.54, 1.807) is 18.5 Å². The van der Waals surface area contributed by atoms with Crippen LogP contribution in [0.15, 0.2) is 30.9 Å².